The van der Waals surface area contributed by atoms with Crippen molar-refractivity contribution in [2.45, 2.75) is 23.8 Å². The van der Waals surface area contributed by atoms with Crippen molar-refractivity contribution in [2.75, 3.05) is 20.2 Å². The fourth-order valence-electron chi connectivity index (χ4n) is 2.24. The van der Waals surface area contributed by atoms with Gasteiger partial charge in [-0.1, -0.05) is 0 Å². The number of carbonyl (C=O) groups excluding carboxylic acids is 1. The molecule has 0 spiro atoms. The van der Waals surface area contributed by atoms with Gasteiger partial charge in [0.2, 0.25) is 10.0 Å². The number of methoxy groups -OCH3 is 1. The van der Waals surface area contributed by atoms with Crippen LogP contribution in [-0.4, -0.2) is 55.2 Å². The van der Waals surface area contributed by atoms with Gasteiger partial charge < -0.3 is 14.9 Å². The molecule has 0 radical (unpaired) electrons. The fraction of sp³-hybridized carbons (Fsp3) is 0.462. The highest BCUT2D eigenvalue weighted by molar-refractivity contribution is 7.89. The van der Waals surface area contributed by atoms with Crippen LogP contribution in [0.5, 0.6) is 5.75 Å². The summed E-state index contributed by atoms with van der Waals surface area (Å²) in [6, 6.07) is 3.44. The Morgan fingerprint density at radius 1 is 1.43 bits per heavy atom. The smallest absolute Gasteiger partial charge is 0.341 e. The van der Waals surface area contributed by atoms with Gasteiger partial charge in [0.25, 0.3) is 0 Å². The number of nitrogens with zero attached hydrogens (tertiary/aromatic N) is 1. The number of esters is 1. The third-order valence-corrected chi connectivity index (χ3v) is 5.23. The molecular weight excluding hydrogens is 298 g/mol. The molecule has 1 fully saturated rings. The summed E-state index contributed by atoms with van der Waals surface area (Å²) >= 11 is 0. The number of piperidine rings is 1. The van der Waals surface area contributed by atoms with Crippen molar-refractivity contribution in [3.05, 3.63) is 23.8 Å². The van der Waals surface area contributed by atoms with Gasteiger partial charge in [0.15, 0.2) is 0 Å². The number of aliphatic hydroxyl groups excluding tert-OH is 1. The molecule has 0 bridgehead atoms. The number of hydrogen-bond acceptors (Lipinski definition) is 6. The van der Waals surface area contributed by atoms with Crippen molar-refractivity contribution in [3.63, 3.8) is 0 Å². The van der Waals surface area contributed by atoms with Gasteiger partial charge in [0.1, 0.15) is 11.3 Å². The van der Waals surface area contributed by atoms with E-state index in [0.717, 1.165) is 19.2 Å². The molecule has 0 aliphatic carbocycles. The minimum absolute atomic E-state index is 0.0246. The molecule has 1 saturated heterocycles. The van der Waals surface area contributed by atoms with Gasteiger partial charge in [-0.25, -0.2) is 13.2 Å². The predicted molar refractivity (Wildman–Crippen MR) is 73.4 cm³/mol. The van der Waals surface area contributed by atoms with Crippen LogP contribution in [0.1, 0.15) is 23.2 Å². The van der Waals surface area contributed by atoms with Crippen molar-refractivity contribution in [2.24, 2.45) is 0 Å². The number of phenolic OH excluding ortho intramolecular Hbond substituents is 1. The molecule has 116 valence electrons. The first kappa shape index (κ1) is 15.7. The molecule has 2 rings (SSSR count). The zero-order chi connectivity index (χ0) is 15.6. The standard InChI is InChI=1S/C13H17NO6S/c1-20-13(17)11-7-10(4-5-12(11)16)21(18,19)14-6-2-3-9(15)8-14/h4-5,7,9,15-16H,2-3,6,8H2,1H3. The molecule has 2 N–H and O–H groups in total. The lowest BCUT2D eigenvalue weighted by atomic mass is 10.1. The number of aliphatic hydroxyl groups is 1. The number of phenols is 1. The second kappa shape index (κ2) is 6.00. The Hall–Kier alpha value is -1.64. The summed E-state index contributed by atoms with van der Waals surface area (Å²) in [5, 5.41) is 19.2. The second-order valence-corrected chi connectivity index (χ2v) is 6.77. The quantitative estimate of drug-likeness (QED) is 0.779. The van der Waals surface area contributed by atoms with E-state index in [0.29, 0.717) is 19.4 Å². The number of ether oxygens (including phenoxy) is 1. The van der Waals surface area contributed by atoms with Crippen LogP contribution in [0.4, 0.5) is 0 Å². The van der Waals surface area contributed by atoms with E-state index >= 15 is 0 Å². The maximum absolute atomic E-state index is 12.5. The molecule has 1 heterocycles. The highest BCUT2D eigenvalue weighted by Gasteiger charge is 2.30. The molecule has 1 aromatic carbocycles. The lowest BCUT2D eigenvalue weighted by molar-refractivity contribution is 0.0597. The highest BCUT2D eigenvalue weighted by Crippen LogP contribution is 2.26. The van der Waals surface area contributed by atoms with Crippen LogP contribution in [-0.2, 0) is 14.8 Å². The van der Waals surface area contributed by atoms with Crippen molar-refractivity contribution in [3.8, 4) is 5.75 Å². The first-order chi connectivity index (χ1) is 9.86. The van der Waals surface area contributed by atoms with Crippen LogP contribution in [0, 0.1) is 0 Å². The SMILES string of the molecule is COC(=O)c1cc(S(=O)(=O)N2CCCC(O)C2)ccc1O. The summed E-state index contributed by atoms with van der Waals surface area (Å²) < 4.78 is 30.7. The van der Waals surface area contributed by atoms with Gasteiger partial charge >= 0.3 is 5.97 Å². The number of aromatic hydroxyl groups is 1. The van der Waals surface area contributed by atoms with Gasteiger partial charge in [-0.05, 0) is 31.0 Å². The van der Waals surface area contributed by atoms with E-state index in [-0.39, 0.29) is 22.8 Å². The largest absolute Gasteiger partial charge is 0.507 e. The molecule has 0 amide bonds. The number of β-amino-alcohol motifs (C(OH)–C–C–N with tert-alkyl or cyclic N) is 1. The van der Waals surface area contributed by atoms with Crippen LogP contribution in [0.25, 0.3) is 0 Å². The zero-order valence-corrected chi connectivity index (χ0v) is 12.3. The number of sulfonamides is 1. The summed E-state index contributed by atoms with van der Waals surface area (Å²) in [6.45, 7) is 0.338. The number of benzene rings is 1. The number of hydrogen-bond donors (Lipinski definition) is 2. The average Bonchev–Trinajstić information content (AvgIpc) is 2.46. The molecule has 8 heteroatoms. The summed E-state index contributed by atoms with van der Waals surface area (Å²) in [5.74, 6) is -1.16. The Bertz CT molecular complexity index is 642. The van der Waals surface area contributed by atoms with E-state index < -0.39 is 22.1 Å². The van der Waals surface area contributed by atoms with E-state index in [4.69, 9.17) is 0 Å². The van der Waals surface area contributed by atoms with E-state index in [1.807, 2.05) is 0 Å². The van der Waals surface area contributed by atoms with E-state index in [9.17, 15) is 23.4 Å². The third-order valence-electron chi connectivity index (χ3n) is 3.37. The van der Waals surface area contributed by atoms with E-state index in [1.54, 1.807) is 0 Å². The summed E-state index contributed by atoms with van der Waals surface area (Å²) in [4.78, 5) is 11.4. The summed E-state index contributed by atoms with van der Waals surface area (Å²) in [6.07, 6.45) is 0.447. The first-order valence-corrected chi connectivity index (χ1v) is 7.90. The van der Waals surface area contributed by atoms with Crippen LogP contribution in [0.3, 0.4) is 0 Å². The Labute approximate surface area is 122 Å². The van der Waals surface area contributed by atoms with E-state index in [1.165, 1.54) is 10.4 Å². The van der Waals surface area contributed by atoms with Crippen LogP contribution in [0.2, 0.25) is 0 Å². The molecule has 1 aliphatic rings. The molecule has 1 atom stereocenters. The molecule has 0 aromatic heterocycles. The first-order valence-electron chi connectivity index (χ1n) is 6.46. The monoisotopic (exact) mass is 315 g/mol. The Balaban J connectivity index is 2.38. The molecule has 7 nitrogen and oxygen atoms in total. The normalized spacial score (nSPS) is 20.2. The Kier molecular flexibility index (Phi) is 4.50. The Morgan fingerprint density at radius 2 is 2.14 bits per heavy atom. The fourth-order valence-corrected chi connectivity index (χ4v) is 3.78. The van der Waals surface area contributed by atoms with Gasteiger partial charge in [-0.3, -0.25) is 0 Å². The van der Waals surface area contributed by atoms with Crippen molar-refractivity contribution in [1.29, 1.82) is 0 Å². The van der Waals surface area contributed by atoms with Crippen molar-refractivity contribution >= 4 is 16.0 Å². The van der Waals surface area contributed by atoms with Gasteiger partial charge in [-0.2, -0.15) is 4.31 Å². The molecule has 1 aliphatic heterocycles. The topological polar surface area (TPSA) is 104 Å². The lowest BCUT2D eigenvalue weighted by Crippen LogP contribution is -2.42. The lowest BCUT2D eigenvalue weighted by Gasteiger charge is -2.29. The van der Waals surface area contributed by atoms with Crippen LogP contribution in [0.15, 0.2) is 23.1 Å². The highest BCUT2D eigenvalue weighted by atomic mass is 32.2. The average molecular weight is 315 g/mol. The number of rotatable bonds is 3. The van der Waals surface area contributed by atoms with Crippen LogP contribution < -0.4 is 0 Å². The molecule has 1 unspecified atom stereocenters. The Morgan fingerprint density at radius 3 is 2.76 bits per heavy atom. The number of carbonyl (C=O) groups is 1. The maximum Gasteiger partial charge on any atom is 0.341 e. The molecule has 0 saturated carbocycles. The van der Waals surface area contributed by atoms with Gasteiger partial charge in [0, 0.05) is 13.1 Å². The summed E-state index contributed by atoms with van der Waals surface area (Å²) in [5.41, 5.74) is -0.212. The van der Waals surface area contributed by atoms with Gasteiger partial charge in [-0.15, -0.1) is 0 Å². The van der Waals surface area contributed by atoms with Crippen LogP contribution >= 0.6 is 0 Å². The second-order valence-electron chi connectivity index (χ2n) is 4.83. The third kappa shape index (κ3) is 3.17. The minimum atomic E-state index is -3.82. The summed E-state index contributed by atoms with van der Waals surface area (Å²) in [7, 11) is -2.68. The molecule has 21 heavy (non-hydrogen) atoms. The predicted octanol–water partition coefficient (Wildman–Crippen LogP) is 0.324. The minimum Gasteiger partial charge on any atom is -0.507 e. The molecular formula is C13H17NO6S. The van der Waals surface area contributed by atoms with Crippen molar-refractivity contribution in [1.82, 2.24) is 4.31 Å². The maximum atomic E-state index is 12.5. The van der Waals surface area contributed by atoms with E-state index in [2.05, 4.69) is 4.74 Å². The zero-order valence-electron chi connectivity index (χ0n) is 11.5. The molecule has 1 aromatic rings. The van der Waals surface area contributed by atoms with Crippen molar-refractivity contribution < 1.29 is 28.2 Å². The van der Waals surface area contributed by atoms with Gasteiger partial charge in [0.05, 0.1) is 18.1 Å².